The largest absolute Gasteiger partial charge is 0.435 e. The molecule has 0 amide bonds. The number of imidazole rings is 1. The van der Waals surface area contributed by atoms with E-state index >= 15 is 0 Å². The van der Waals surface area contributed by atoms with Crippen LogP contribution in [0.5, 0.6) is 0 Å². The number of nitrogens with zero attached hydrogens (tertiary/aromatic N) is 4. The van der Waals surface area contributed by atoms with Crippen molar-refractivity contribution in [1.82, 2.24) is 20.2 Å². The SMILES string of the molecule is Cc1nc(C2CCCN2c2ccc(C(F)(F)F)nn2)[nH]c1C. The van der Waals surface area contributed by atoms with Crippen LogP contribution in [0.25, 0.3) is 0 Å². The molecule has 1 aliphatic rings. The number of hydrogen-bond acceptors (Lipinski definition) is 4. The number of nitrogens with one attached hydrogen (secondary N) is 1. The van der Waals surface area contributed by atoms with Gasteiger partial charge in [-0.25, -0.2) is 4.98 Å². The highest BCUT2D eigenvalue weighted by Crippen LogP contribution is 2.35. The van der Waals surface area contributed by atoms with E-state index in [1.54, 1.807) is 0 Å². The number of aromatic nitrogens is 4. The van der Waals surface area contributed by atoms with Crippen LogP contribution in [-0.2, 0) is 6.18 Å². The Bertz CT molecular complexity index is 643. The van der Waals surface area contributed by atoms with E-state index in [0.717, 1.165) is 42.7 Å². The summed E-state index contributed by atoms with van der Waals surface area (Å²) < 4.78 is 37.7. The molecule has 0 saturated carbocycles. The van der Waals surface area contributed by atoms with Gasteiger partial charge in [0, 0.05) is 12.2 Å². The summed E-state index contributed by atoms with van der Waals surface area (Å²) >= 11 is 0. The lowest BCUT2D eigenvalue weighted by atomic mass is 10.2. The quantitative estimate of drug-likeness (QED) is 0.925. The minimum atomic E-state index is -4.47. The molecule has 2 aromatic rings. The monoisotopic (exact) mass is 311 g/mol. The van der Waals surface area contributed by atoms with E-state index in [9.17, 15) is 13.2 Å². The van der Waals surface area contributed by atoms with Crippen LogP contribution in [-0.4, -0.2) is 26.7 Å². The minimum Gasteiger partial charge on any atom is -0.345 e. The molecule has 1 aliphatic heterocycles. The second kappa shape index (κ2) is 5.26. The van der Waals surface area contributed by atoms with Gasteiger partial charge in [-0.15, -0.1) is 10.2 Å². The van der Waals surface area contributed by atoms with Gasteiger partial charge in [0.25, 0.3) is 0 Å². The van der Waals surface area contributed by atoms with Crippen LogP contribution in [0.2, 0.25) is 0 Å². The standard InChI is InChI=1S/C14H16F3N5/c1-8-9(2)19-13(18-8)10-4-3-7-22(10)12-6-5-11(20-21-12)14(15,16)17/h5-6,10H,3-4,7H2,1-2H3,(H,18,19). The maximum Gasteiger partial charge on any atom is 0.435 e. The number of rotatable bonds is 2. The van der Waals surface area contributed by atoms with E-state index in [-0.39, 0.29) is 6.04 Å². The van der Waals surface area contributed by atoms with Crippen molar-refractivity contribution >= 4 is 5.82 Å². The molecule has 1 atom stereocenters. The molecular formula is C14H16F3N5. The Morgan fingerprint density at radius 2 is 2.00 bits per heavy atom. The van der Waals surface area contributed by atoms with Crippen molar-refractivity contribution in [2.75, 3.05) is 11.4 Å². The summed E-state index contributed by atoms with van der Waals surface area (Å²) in [5.41, 5.74) is 0.956. The maximum absolute atomic E-state index is 12.6. The van der Waals surface area contributed by atoms with Crippen LogP contribution < -0.4 is 4.90 Å². The molecule has 5 nitrogen and oxygen atoms in total. The number of alkyl halides is 3. The lowest BCUT2D eigenvalue weighted by Crippen LogP contribution is -2.25. The molecule has 3 rings (SSSR count). The van der Waals surface area contributed by atoms with Gasteiger partial charge < -0.3 is 9.88 Å². The molecule has 1 fully saturated rings. The predicted octanol–water partition coefficient (Wildman–Crippen LogP) is 3.18. The molecule has 0 aromatic carbocycles. The third kappa shape index (κ3) is 2.65. The molecule has 1 N–H and O–H groups in total. The Morgan fingerprint density at radius 1 is 1.23 bits per heavy atom. The average molecular weight is 311 g/mol. The smallest absolute Gasteiger partial charge is 0.345 e. The summed E-state index contributed by atoms with van der Waals surface area (Å²) in [4.78, 5) is 9.69. The molecule has 118 valence electrons. The van der Waals surface area contributed by atoms with E-state index in [2.05, 4.69) is 20.2 Å². The van der Waals surface area contributed by atoms with Crippen molar-refractivity contribution in [2.45, 2.75) is 38.9 Å². The molecule has 2 aromatic heterocycles. The topological polar surface area (TPSA) is 57.7 Å². The van der Waals surface area contributed by atoms with Crippen molar-refractivity contribution in [3.05, 3.63) is 35.0 Å². The first-order valence-corrected chi connectivity index (χ1v) is 7.07. The minimum absolute atomic E-state index is 0.00145. The first-order chi connectivity index (χ1) is 10.4. The molecule has 1 unspecified atom stereocenters. The molecule has 1 saturated heterocycles. The van der Waals surface area contributed by atoms with E-state index in [1.165, 1.54) is 6.07 Å². The van der Waals surface area contributed by atoms with Crippen molar-refractivity contribution in [3.63, 3.8) is 0 Å². The van der Waals surface area contributed by atoms with Gasteiger partial charge in [0.05, 0.1) is 11.7 Å². The van der Waals surface area contributed by atoms with Crippen molar-refractivity contribution in [2.24, 2.45) is 0 Å². The molecular weight excluding hydrogens is 295 g/mol. The molecule has 0 bridgehead atoms. The second-order valence-electron chi connectivity index (χ2n) is 5.46. The second-order valence-corrected chi connectivity index (χ2v) is 5.46. The first-order valence-electron chi connectivity index (χ1n) is 7.07. The van der Waals surface area contributed by atoms with Crippen LogP contribution in [0.3, 0.4) is 0 Å². The predicted molar refractivity (Wildman–Crippen MR) is 74.4 cm³/mol. The molecule has 22 heavy (non-hydrogen) atoms. The van der Waals surface area contributed by atoms with Gasteiger partial charge in [-0.2, -0.15) is 13.2 Å². The fourth-order valence-corrected chi connectivity index (χ4v) is 2.69. The number of anilines is 1. The summed E-state index contributed by atoms with van der Waals surface area (Å²) in [5, 5.41) is 7.04. The van der Waals surface area contributed by atoms with Gasteiger partial charge in [0.2, 0.25) is 0 Å². The van der Waals surface area contributed by atoms with Crippen LogP contribution in [0, 0.1) is 13.8 Å². The first kappa shape index (κ1) is 14.8. The Labute approximate surface area is 125 Å². The van der Waals surface area contributed by atoms with Gasteiger partial charge in [0.1, 0.15) is 5.82 Å². The highest BCUT2D eigenvalue weighted by Gasteiger charge is 2.34. The molecule has 0 radical (unpaired) electrons. The highest BCUT2D eigenvalue weighted by molar-refractivity contribution is 5.42. The zero-order valence-corrected chi connectivity index (χ0v) is 12.3. The van der Waals surface area contributed by atoms with E-state index in [4.69, 9.17) is 0 Å². The average Bonchev–Trinajstić information content (AvgIpc) is 3.06. The summed E-state index contributed by atoms with van der Waals surface area (Å²) in [6.45, 7) is 4.60. The number of halogens is 3. The van der Waals surface area contributed by atoms with Crippen LogP contribution in [0.1, 0.15) is 41.8 Å². The van der Waals surface area contributed by atoms with Crippen molar-refractivity contribution in [1.29, 1.82) is 0 Å². The zero-order valence-electron chi connectivity index (χ0n) is 12.3. The van der Waals surface area contributed by atoms with E-state index in [0.29, 0.717) is 5.82 Å². The molecule has 8 heteroatoms. The van der Waals surface area contributed by atoms with E-state index in [1.807, 2.05) is 18.7 Å². The summed E-state index contributed by atoms with van der Waals surface area (Å²) in [6.07, 6.45) is -2.65. The summed E-state index contributed by atoms with van der Waals surface area (Å²) in [5.74, 6) is 1.27. The van der Waals surface area contributed by atoms with Gasteiger partial charge in [-0.3, -0.25) is 0 Å². The fourth-order valence-electron chi connectivity index (χ4n) is 2.69. The van der Waals surface area contributed by atoms with Crippen LogP contribution in [0.15, 0.2) is 12.1 Å². The fraction of sp³-hybridized carbons (Fsp3) is 0.500. The third-order valence-electron chi connectivity index (χ3n) is 3.95. The van der Waals surface area contributed by atoms with Gasteiger partial charge in [-0.05, 0) is 38.8 Å². The highest BCUT2D eigenvalue weighted by atomic mass is 19.4. The normalized spacial score (nSPS) is 19.0. The lowest BCUT2D eigenvalue weighted by molar-refractivity contribution is -0.141. The number of hydrogen-bond donors (Lipinski definition) is 1. The Kier molecular flexibility index (Phi) is 3.54. The zero-order chi connectivity index (χ0) is 15.9. The third-order valence-corrected chi connectivity index (χ3v) is 3.95. The number of aromatic amines is 1. The molecule has 3 heterocycles. The van der Waals surface area contributed by atoms with Gasteiger partial charge in [0.15, 0.2) is 11.5 Å². The van der Waals surface area contributed by atoms with Crippen molar-refractivity contribution in [3.8, 4) is 0 Å². The van der Waals surface area contributed by atoms with Gasteiger partial charge >= 0.3 is 6.18 Å². The number of H-pyrrole nitrogens is 1. The Balaban J connectivity index is 1.87. The van der Waals surface area contributed by atoms with E-state index < -0.39 is 11.9 Å². The Hall–Kier alpha value is -2.12. The van der Waals surface area contributed by atoms with Crippen LogP contribution in [0.4, 0.5) is 19.0 Å². The lowest BCUT2D eigenvalue weighted by Gasteiger charge is -2.23. The Morgan fingerprint density at radius 3 is 2.55 bits per heavy atom. The molecule has 0 spiro atoms. The summed E-state index contributed by atoms with van der Waals surface area (Å²) in [6, 6.07) is 2.34. The summed E-state index contributed by atoms with van der Waals surface area (Å²) in [7, 11) is 0. The number of aryl methyl sites for hydroxylation is 2. The van der Waals surface area contributed by atoms with Crippen LogP contribution >= 0.6 is 0 Å². The van der Waals surface area contributed by atoms with Crippen molar-refractivity contribution < 1.29 is 13.2 Å². The maximum atomic E-state index is 12.6. The molecule has 0 aliphatic carbocycles. The van der Waals surface area contributed by atoms with Gasteiger partial charge in [-0.1, -0.05) is 0 Å².